The smallest absolute Gasteiger partial charge is 0.248 e. The lowest BCUT2D eigenvalue weighted by Crippen LogP contribution is -2.29. The van der Waals surface area contributed by atoms with Gasteiger partial charge in [0.05, 0.1) is 24.0 Å². The quantitative estimate of drug-likeness (QED) is 0.569. The Bertz CT molecular complexity index is 405. The Morgan fingerprint density at radius 1 is 1.47 bits per heavy atom. The van der Waals surface area contributed by atoms with Crippen LogP contribution in [0.3, 0.4) is 0 Å². The highest BCUT2D eigenvalue weighted by Gasteiger charge is 2.13. The summed E-state index contributed by atoms with van der Waals surface area (Å²) in [5, 5.41) is 12.3. The number of rotatable bonds is 5. The molecule has 0 saturated carbocycles. The highest BCUT2D eigenvalue weighted by molar-refractivity contribution is 5.94. The van der Waals surface area contributed by atoms with Gasteiger partial charge in [-0.3, -0.25) is 4.79 Å². The molecule has 0 aromatic heterocycles. The lowest BCUT2D eigenvalue weighted by atomic mass is 10.0. The Balaban J connectivity index is 2.89. The standard InChI is InChI=1S/C12H19N3O2/c1-7(2)11(6-16)15-10-4-3-8(12(14)17)5-9(10)13/h3-5,7,11,15-16H,6,13H2,1-2H3,(H2,14,17)/t11-/m1/s1. The predicted octanol–water partition coefficient (Wildman–Crippen LogP) is 0.796. The first-order valence-corrected chi connectivity index (χ1v) is 5.52. The second-order valence-corrected chi connectivity index (χ2v) is 4.34. The van der Waals surface area contributed by atoms with E-state index in [9.17, 15) is 9.90 Å². The lowest BCUT2D eigenvalue weighted by Gasteiger charge is -2.22. The Kier molecular flexibility index (Phi) is 4.34. The van der Waals surface area contributed by atoms with Crippen molar-refractivity contribution < 1.29 is 9.90 Å². The summed E-state index contributed by atoms with van der Waals surface area (Å²) in [6.07, 6.45) is 0. The van der Waals surface area contributed by atoms with Crippen molar-refractivity contribution in [2.45, 2.75) is 19.9 Å². The van der Waals surface area contributed by atoms with Gasteiger partial charge >= 0.3 is 0 Å². The van der Waals surface area contributed by atoms with Crippen LogP contribution in [-0.2, 0) is 0 Å². The van der Waals surface area contributed by atoms with Crippen molar-refractivity contribution in [1.82, 2.24) is 0 Å². The molecule has 5 heteroatoms. The molecule has 1 atom stereocenters. The van der Waals surface area contributed by atoms with Crippen LogP contribution in [0.2, 0.25) is 0 Å². The highest BCUT2D eigenvalue weighted by Crippen LogP contribution is 2.22. The van der Waals surface area contributed by atoms with Crippen molar-refractivity contribution >= 4 is 17.3 Å². The Hall–Kier alpha value is -1.75. The van der Waals surface area contributed by atoms with Crippen LogP contribution in [0.1, 0.15) is 24.2 Å². The van der Waals surface area contributed by atoms with E-state index in [0.717, 1.165) is 0 Å². The highest BCUT2D eigenvalue weighted by atomic mass is 16.3. The number of nitrogen functional groups attached to an aromatic ring is 1. The summed E-state index contributed by atoms with van der Waals surface area (Å²) >= 11 is 0. The molecule has 5 nitrogen and oxygen atoms in total. The second-order valence-electron chi connectivity index (χ2n) is 4.34. The van der Waals surface area contributed by atoms with Crippen LogP contribution in [0.25, 0.3) is 0 Å². The number of hydrogen-bond donors (Lipinski definition) is 4. The first-order valence-electron chi connectivity index (χ1n) is 5.52. The van der Waals surface area contributed by atoms with Crippen molar-refractivity contribution in [3.8, 4) is 0 Å². The van der Waals surface area contributed by atoms with E-state index in [1.807, 2.05) is 13.8 Å². The molecule has 0 saturated heterocycles. The zero-order valence-corrected chi connectivity index (χ0v) is 10.1. The van der Waals surface area contributed by atoms with Gasteiger partial charge in [-0.25, -0.2) is 0 Å². The number of carbonyl (C=O) groups is 1. The van der Waals surface area contributed by atoms with Crippen LogP contribution in [0, 0.1) is 5.92 Å². The van der Waals surface area contributed by atoms with Crippen molar-refractivity contribution in [2.24, 2.45) is 11.7 Å². The average Bonchev–Trinajstić information content (AvgIpc) is 2.26. The number of carbonyl (C=O) groups excluding carboxylic acids is 1. The normalized spacial score (nSPS) is 12.5. The van der Waals surface area contributed by atoms with Gasteiger partial charge in [-0.2, -0.15) is 0 Å². The first kappa shape index (κ1) is 13.3. The zero-order valence-electron chi connectivity index (χ0n) is 10.1. The third kappa shape index (κ3) is 3.35. The van der Waals surface area contributed by atoms with Gasteiger partial charge < -0.3 is 21.9 Å². The maximum absolute atomic E-state index is 11.0. The van der Waals surface area contributed by atoms with Gasteiger partial charge in [-0.1, -0.05) is 13.8 Å². The summed E-state index contributed by atoms with van der Waals surface area (Å²) in [6.45, 7) is 4.03. The van der Waals surface area contributed by atoms with E-state index in [1.54, 1.807) is 12.1 Å². The number of amides is 1. The maximum Gasteiger partial charge on any atom is 0.248 e. The molecule has 0 heterocycles. The molecule has 0 unspecified atom stereocenters. The molecular formula is C12H19N3O2. The molecule has 94 valence electrons. The topological polar surface area (TPSA) is 101 Å². The Labute approximate surface area is 101 Å². The van der Waals surface area contributed by atoms with Gasteiger partial charge in [0.25, 0.3) is 0 Å². The summed E-state index contributed by atoms with van der Waals surface area (Å²) in [7, 11) is 0. The van der Waals surface area contributed by atoms with Crippen LogP contribution in [0.15, 0.2) is 18.2 Å². The fraction of sp³-hybridized carbons (Fsp3) is 0.417. The predicted molar refractivity (Wildman–Crippen MR) is 68.7 cm³/mol. The van der Waals surface area contributed by atoms with E-state index >= 15 is 0 Å². The number of aliphatic hydroxyl groups is 1. The molecule has 1 amide bonds. The fourth-order valence-electron chi connectivity index (χ4n) is 1.47. The Morgan fingerprint density at radius 2 is 2.12 bits per heavy atom. The molecule has 0 bridgehead atoms. The molecule has 6 N–H and O–H groups in total. The molecule has 1 aromatic rings. The van der Waals surface area contributed by atoms with Gasteiger partial charge in [0, 0.05) is 5.56 Å². The molecule has 0 radical (unpaired) electrons. The molecular weight excluding hydrogens is 218 g/mol. The van der Waals surface area contributed by atoms with Crippen LogP contribution in [0.4, 0.5) is 11.4 Å². The van der Waals surface area contributed by atoms with Crippen LogP contribution in [-0.4, -0.2) is 23.7 Å². The molecule has 0 aliphatic heterocycles. The Morgan fingerprint density at radius 3 is 2.53 bits per heavy atom. The molecule has 0 spiro atoms. The van der Waals surface area contributed by atoms with Crippen LogP contribution >= 0.6 is 0 Å². The van der Waals surface area contributed by atoms with Gasteiger partial charge in [0.15, 0.2) is 0 Å². The third-order valence-corrected chi connectivity index (χ3v) is 2.68. The van der Waals surface area contributed by atoms with Gasteiger partial charge in [-0.05, 0) is 24.1 Å². The van der Waals surface area contributed by atoms with Crippen LogP contribution < -0.4 is 16.8 Å². The van der Waals surface area contributed by atoms with E-state index in [2.05, 4.69) is 5.32 Å². The monoisotopic (exact) mass is 237 g/mol. The minimum absolute atomic E-state index is 0.0225. The van der Waals surface area contributed by atoms with E-state index in [1.165, 1.54) is 6.07 Å². The van der Waals surface area contributed by atoms with Gasteiger partial charge in [-0.15, -0.1) is 0 Å². The molecule has 17 heavy (non-hydrogen) atoms. The van der Waals surface area contributed by atoms with E-state index in [4.69, 9.17) is 11.5 Å². The van der Waals surface area contributed by atoms with Crippen molar-refractivity contribution in [1.29, 1.82) is 0 Å². The number of benzene rings is 1. The van der Waals surface area contributed by atoms with E-state index < -0.39 is 5.91 Å². The summed E-state index contributed by atoms with van der Waals surface area (Å²) < 4.78 is 0. The number of anilines is 2. The SMILES string of the molecule is CC(C)[C@@H](CO)Nc1ccc(C(N)=O)cc1N. The minimum Gasteiger partial charge on any atom is -0.397 e. The number of hydrogen-bond acceptors (Lipinski definition) is 4. The molecule has 1 aromatic carbocycles. The van der Waals surface area contributed by atoms with E-state index in [0.29, 0.717) is 16.9 Å². The number of aliphatic hydroxyl groups excluding tert-OH is 1. The lowest BCUT2D eigenvalue weighted by molar-refractivity contribution is 0.100. The van der Waals surface area contributed by atoms with Crippen LogP contribution in [0.5, 0.6) is 0 Å². The van der Waals surface area contributed by atoms with Crippen molar-refractivity contribution in [2.75, 3.05) is 17.7 Å². The first-order chi connectivity index (χ1) is 7.95. The number of primary amides is 1. The van der Waals surface area contributed by atoms with Gasteiger partial charge in [0.1, 0.15) is 0 Å². The molecule has 0 aliphatic rings. The fourth-order valence-corrected chi connectivity index (χ4v) is 1.47. The van der Waals surface area contributed by atoms with Gasteiger partial charge in [0.2, 0.25) is 5.91 Å². The second kappa shape index (κ2) is 5.54. The number of nitrogens with two attached hydrogens (primary N) is 2. The van der Waals surface area contributed by atoms with Crippen molar-refractivity contribution in [3.05, 3.63) is 23.8 Å². The molecule has 0 aliphatic carbocycles. The minimum atomic E-state index is -0.509. The maximum atomic E-state index is 11.0. The molecule has 0 fully saturated rings. The summed E-state index contributed by atoms with van der Waals surface area (Å²) in [5.74, 6) is -0.235. The largest absolute Gasteiger partial charge is 0.397 e. The molecule has 1 rings (SSSR count). The average molecular weight is 237 g/mol. The third-order valence-electron chi connectivity index (χ3n) is 2.68. The summed E-state index contributed by atoms with van der Waals surface area (Å²) in [5.41, 5.74) is 12.5. The number of nitrogens with one attached hydrogen (secondary N) is 1. The summed E-state index contributed by atoms with van der Waals surface area (Å²) in [6, 6.07) is 4.76. The zero-order chi connectivity index (χ0) is 13.0. The summed E-state index contributed by atoms with van der Waals surface area (Å²) in [4.78, 5) is 11.0. The van der Waals surface area contributed by atoms with E-state index in [-0.39, 0.29) is 18.6 Å². The van der Waals surface area contributed by atoms with Crippen molar-refractivity contribution in [3.63, 3.8) is 0 Å².